The van der Waals surface area contributed by atoms with Crippen LogP contribution >= 0.6 is 11.6 Å². The molecule has 0 radical (unpaired) electrons. The Morgan fingerprint density at radius 2 is 1.88 bits per heavy atom. The minimum atomic E-state index is -0.458. The smallest absolute Gasteiger partial charge is 0.327 e. The number of hydrogen-bond donors (Lipinski definition) is 3. The van der Waals surface area contributed by atoms with Crippen LogP contribution in [0.3, 0.4) is 0 Å². The number of carbonyl (C=O) groups is 2. The number of aromatic nitrogens is 2. The van der Waals surface area contributed by atoms with E-state index < -0.39 is 6.03 Å². The number of benzene rings is 1. The van der Waals surface area contributed by atoms with Crippen molar-refractivity contribution < 1.29 is 19.1 Å². The number of piperidine rings is 1. The van der Waals surface area contributed by atoms with Crippen molar-refractivity contribution in [3.8, 4) is 0 Å². The van der Waals surface area contributed by atoms with Crippen molar-refractivity contribution >= 4 is 46.5 Å². The van der Waals surface area contributed by atoms with Crippen molar-refractivity contribution in [2.24, 2.45) is 0 Å². The van der Waals surface area contributed by atoms with Crippen LogP contribution in [0.2, 0.25) is 0 Å². The first-order chi connectivity index (χ1) is 20.1. The van der Waals surface area contributed by atoms with Gasteiger partial charge in [0.15, 0.2) is 0 Å². The number of anilines is 4. The molecule has 0 bridgehead atoms. The van der Waals surface area contributed by atoms with Gasteiger partial charge in [-0.3, -0.25) is 9.69 Å². The van der Waals surface area contributed by atoms with E-state index in [1.807, 2.05) is 19.1 Å². The Hall–Kier alpha value is -3.93. The first-order valence-corrected chi connectivity index (χ1v) is 14.1. The average Bonchev–Trinajstić information content (AvgIpc) is 3.00. The van der Waals surface area contributed by atoms with Gasteiger partial charge in [0.05, 0.1) is 30.3 Å². The van der Waals surface area contributed by atoms with E-state index in [1.54, 1.807) is 20.2 Å². The van der Waals surface area contributed by atoms with Crippen molar-refractivity contribution in [3.63, 3.8) is 0 Å². The normalized spacial score (nSPS) is 18.0. The van der Waals surface area contributed by atoms with Gasteiger partial charge in [0, 0.05) is 26.6 Å². The number of hydrogen-bond acceptors (Lipinski definition) is 8. The maximum atomic E-state index is 13.3. The Morgan fingerprint density at radius 3 is 2.55 bits per heavy atom. The van der Waals surface area contributed by atoms with E-state index in [-0.39, 0.29) is 12.0 Å². The third-order valence-corrected chi connectivity index (χ3v) is 8.12. The number of allylic oxidation sites excluding steroid dienone is 1. The zero-order valence-electron chi connectivity index (χ0n) is 24.7. The Balaban J connectivity index is 1.54. The molecule has 1 saturated heterocycles. The number of halogens is 1. The van der Waals surface area contributed by atoms with E-state index >= 15 is 0 Å². The van der Waals surface area contributed by atoms with Crippen LogP contribution in [0.25, 0.3) is 0 Å². The first-order valence-electron chi connectivity index (χ1n) is 13.7. The Kier molecular flexibility index (Phi) is 10.2. The summed E-state index contributed by atoms with van der Waals surface area (Å²) in [4.78, 5) is 37.8. The van der Waals surface area contributed by atoms with Crippen LogP contribution in [0.1, 0.15) is 37.7 Å². The SMILES string of the molecule is C=CC(=O)Nc1cc(C2CCN(C)CC2)ccc1Nc1cc(N(C)C(=O)NC2=C(C)C(OC)CC(OC)=C2Cl)ncn1. The number of methoxy groups -OCH3 is 2. The summed E-state index contributed by atoms with van der Waals surface area (Å²) in [6.45, 7) is 7.49. The van der Waals surface area contributed by atoms with Gasteiger partial charge in [-0.15, -0.1) is 0 Å². The van der Waals surface area contributed by atoms with Gasteiger partial charge in [-0.2, -0.15) is 0 Å². The highest BCUT2D eigenvalue weighted by molar-refractivity contribution is 6.32. The number of urea groups is 1. The van der Waals surface area contributed by atoms with Crippen molar-refractivity contribution in [1.82, 2.24) is 20.2 Å². The highest BCUT2D eigenvalue weighted by Crippen LogP contribution is 2.35. The number of rotatable bonds is 9. The predicted octanol–water partition coefficient (Wildman–Crippen LogP) is 5.09. The molecule has 2 aromatic rings. The number of ether oxygens (including phenoxy) is 2. The summed E-state index contributed by atoms with van der Waals surface area (Å²) in [7, 11) is 6.85. The first kappa shape index (κ1) is 31.0. The molecule has 1 unspecified atom stereocenters. The summed E-state index contributed by atoms with van der Waals surface area (Å²) in [6, 6.07) is 7.18. The average molecular weight is 596 g/mol. The summed E-state index contributed by atoms with van der Waals surface area (Å²) in [5.41, 5.74) is 3.65. The maximum Gasteiger partial charge on any atom is 0.327 e. The van der Waals surface area contributed by atoms with E-state index in [4.69, 9.17) is 21.1 Å². The van der Waals surface area contributed by atoms with Gasteiger partial charge in [0.2, 0.25) is 5.91 Å². The molecule has 3 N–H and O–H groups in total. The minimum absolute atomic E-state index is 0.278. The molecule has 42 heavy (non-hydrogen) atoms. The van der Waals surface area contributed by atoms with Gasteiger partial charge in [-0.05, 0) is 75.2 Å². The highest BCUT2D eigenvalue weighted by Gasteiger charge is 2.29. The van der Waals surface area contributed by atoms with Crippen molar-refractivity contribution in [1.29, 1.82) is 0 Å². The quantitative estimate of drug-likeness (QED) is 0.343. The van der Waals surface area contributed by atoms with E-state index in [0.29, 0.717) is 51.8 Å². The summed E-state index contributed by atoms with van der Waals surface area (Å²) >= 11 is 6.54. The molecular weight excluding hydrogens is 558 g/mol. The lowest BCUT2D eigenvalue weighted by Crippen LogP contribution is -2.39. The monoisotopic (exact) mass is 595 g/mol. The molecule has 1 aromatic carbocycles. The number of likely N-dealkylation sites (tertiary alicyclic amines) is 1. The fourth-order valence-corrected chi connectivity index (χ4v) is 5.41. The zero-order chi connectivity index (χ0) is 30.4. The number of carbonyl (C=O) groups excluding carboxylic acids is 2. The third kappa shape index (κ3) is 7.10. The lowest BCUT2D eigenvalue weighted by atomic mass is 9.89. The molecule has 0 saturated carbocycles. The summed E-state index contributed by atoms with van der Waals surface area (Å²) in [5, 5.41) is 9.36. The van der Waals surface area contributed by atoms with Crippen LogP contribution in [-0.4, -0.2) is 74.3 Å². The molecule has 1 atom stereocenters. The maximum absolute atomic E-state index is 13.3. The molecule has 1 fully saturated rings. The summed E-state index contributed by atoms with van der Waals surface area (Å²) in [6.07, 6.45) is 4.90. The lowest BCUT2D eigenvalue weighted by Gasteiger charge is -2.29. The Labute approximate surface area is 251 Å². The van der Waals surface area contributed by atoms with Gasteiger partial charge >= 0.3 is 6.03 Å². The molecule has 0 spiro atoms. The van der Waals surface area contributed by atoms with Gasteiger partial charge in [-0.25, -0.2) is 14.8 Å². The second-order valence-electron chi connectivity index (χ2n) is 10.4. The van der Waals surface area contributed by atoms with Crippen LogP contribution in [0, 0.1) is 0 Å². The summed E-state index contributed by atoms with van der Waals surface area (Å²) in [5.74, 6) is 1.41. The fraction of sp³-hybridized carbons (Fsp3) is 0.400. The predicted molar refractivity (Wildman–Crippen MR) is 165 cm³/mol. The molecule has 1 aromatic heterocycles. The van der Waals surface area contributed by atoms with Crippen LogP contribution in [-0.2, 0) is 14.3 Å². The molecule has 1 aliphatic carbocycles. The van der Waals surface area contributed by atoms with Gasteiger partial charge in [0.1, 0.15) is 28.8 Å². The minimum Gasteiger partial charge on any atom is -0.499 e. The molecule has 4 rings (SSSR count). The topological polar surface area (TPSA) is 121 Å². The van der Waals surface area contributed by atoms with E-state index in [2.05, 4.69) is 50.5 Å². The standard InChI is InChI=1S/C30H38ClN7O4/c1-7-27(39)35-22-14-20(19-10-12-37(3)13-11-19)8-9-21(22)34-25-16-26(33-17-32-25)38(4)30(40)36-29-18(2)23(41-5)15-24(42-6)28(29)31/h7-9,14,16-17,19,23H,1,10-13,15H2,2-6H3,(H,35,39)(H,36,40)(H,32,33,34). The Bertz CT molecular complexity index is 1400. The van der Waals surface area contributed by atoms with Crippen molar-refractivity contribution in [2.45, 2.75) is 38.2 Å². The lowest BCUT2D eigenvalue weighted by molar-refractivity contribution is -0.111. The van der Waals surface area contributed by atoms with Crippen LogP contribution in [0.4, 0.5) is 27.8 Å². The van der Waals surface area contributed by atoms with Gasteiger partial charge in [0.25, 0.3) is 0 Å². The molecule has 1 aliphatic heterocycles. The second kappa shape index (κ2) is 13.8. The Morgan fingerprint density at radius 1 is 1.14 bits per heavy atom. The van der Waals surface area contributed by atoms with Crippen molar-refractivity contribution in [2.75, 3.05) is 56.9 Å². The number of amides is 3. The highest BCUT2D eigenvalue weighted by atomic mass is 35.5. The fourth-order valence-electron chi connectivity index (χ4n) is 5.06. The van der Waals surface area contributed by atoms with Crippen molar-refractivity contribution in [3.05, 3.63) is 70.9 Å². The van der Waals surface area contributed by atoms with Gasteiger partial charge in [-0.1, -0.05) is 24.2 Å². The zero-order valence-corrected chi connectivity index (χ0v) is 25.4. The third-order valence-electron chi connectivity index (χ3n) is 7.72. The second-order valence-corrected chi connectivity index (χ2v) is 10.8. The molecule has 2 heterocycles. The number of nitrogens with zero attached hydrogens (tertiary/aromatic N) is 4. The molecular formula is C30H38ClN7O4. The largest absolute Gasteiger partial charge is 0.499 e. The molecule has 2 aliphatic rings. The molecule has 11 nitrogen and oxygen atoms in total. The summed E-state index contributed by atoms with van der Waals surface area (Å²) < 4.78 is 10.9. The number of nitrogens with one attached hydrogen (secondary N) is 3. The molecule has 12 heteroatoms. The van der Waals surface area contributed by atoms with Gasteiger partial charge < -0.3 is 30.3 Å². The van der Waals surface area contributed by atoms with E-state index in [1.165, 1.54) is 30.0 Å². The van der Waals surface area contributed by atoms with Crippen LogP contribution in [0.15, 0.2) is 65.3 Å². The van der Waals surface area contributed by atoms with Crippen LogP contribution < -0.4 is 20.9 Å². The molecule has 3 amide bonds. The van der Waals surface area contributed by atoms with E-state index in [9.17, 15) is 9.59 Å². The van der Waals surface area contributed by atoms with Crippen LogP contribution in [0.5, 0.6) is 0 Å². The molecule has 224 valence electrons. The van der Waals surface area contributed by atoms with E-state index in [0.717, 1.165) is 31.5 Å².